The van der Waals surface area contributed by atoms with E-state index in [2.05, 4.69) is 4.98 Å². The van der Waals surface area contributed by atoms with Gasteiger partial charge in [0.15, 0.2) is 11.5 Å². The van der Waals surface area contributed by atoms with Crippen LogP contribution in [0.1, 0.15) is 23.8 Å². The number of aromatic nitrogens is 2. The molecule has 2 heterocycles. The van der Waals surface area contributed by atoms with Crippen molar-refractivity contribution in [3.63, 3.8) is 0 Å². The molecule has 19 heavy (non-hydrogen) atoms. The van der Waals surface area contributed by atoms with Gasteiger partial charge in [0, 0.05) is 19.3 Å². The van der Waals surface area contributed by atoms with E-state index in [0.29, 0.717) is 24.6 Å². The Bertz CT molecular complexity index is 574. The fourth-order valence-electron chi connectivity index (χ4n) is 2.12. The van der Waals surface area contributed by atoms with E-state index in [1.807, 2.05) is 13.0 Å². The molecule has 6 nitrogen and oxygen atoms in total. The lowest BCUT2D eigenvalue weighted by molar-refractivity contribution is 0.0690. The van der Waals surface area contributed by atoms with Crippen molar-refractivity contribution in [2.45, 2.75) is 13.3 Å². The van der Waals surface area contributed by atoms with Crippen LogP contribution in [0.15, 0.2) is 24.4 Å². The normalized spacial score (nSPS) is 10.8. The first-order valence-electron chi connectivity index (χ1n) is 6.25. The van der Waals surface area contributed by atoms with Crippen molar-refractivity contribution in [3.05, 3.63) is 30.1 Å². The first kappa shape index (κ1) is 13.4. The van der Waals surface area contributed by atoms with Gasteiger partial charge < -0.3 is 15.1 Å². The molecule has 2 rings (SSSR count). The summed E-state index contributed by atoms with van der Waals surface area (Å²) in [4.78, 5) is 17.6. The summed E-state index contributed by atoms with van der Waals surface area (Å²) >= 11 is 0. The van der Waals surface area contributed by atoms with Gasteiger partial charge >= 0.3 is 5.97 Å². The van der Waals surface area contributed by atoms with E-state index in [1.54, 1.807) is 27.6 Å². The molecule has 2 aromatic heterocycles. The minimum absolute atomic E-state index is 0.0348. The van der Waals surface area contributed by atoms with Crippen molar-refractivity contribution in [3.8, 4) is 0 Å². The number of carboxylic acids is 1. The van der Waals surface area contributed by atoms with Crippen LogP contribution in [0.25, 0.3) is 5.65 Å². The lowest BCUT2D eigenvalue weighted by Gasteiger charge is -2.21. The van der Waals surface area contributed by atoms with Gasteiger partial charge in [-0.05, 0) is 18.6 Å². The van der Waals surface area contributed by atoms with E-state index in [0.717, 1.165) is 6.42 Å². The number of hydrogen-bond acceptors (Lipinski definition) is 4. The molecule has 0 radical (unpaired) electrons. The molecule has 0 aliphatic heterocycles. The summed E-state index contributed by atoms with van der Waals surface area (Å²) in [5.74, 6) is -0.609. The maximum atomic E-state index is 11.5. The number of rotatable bonds is 6. The number of aromatic carboxylic acids is 1. The van der Waals surface area contributed by atoms with E-state index in [9.17, 15) is 9.90 Å². The number of pyridine rings is 1. The van der Waals surface area contributed by atoms with Gasteiger partial charge in [0.05, 0.1) is 6.61 Å². The molecule has 102 valence electrons. The maximum Gasteiger partial charge on any atom is 0.356 e. The van der Waals surface area contributed by atoms with Crippen LogP contribution in [0.2, 0.25) is 0 Å². The molecular formula is C13H17N3O3. The summed E-state index contributed by atoms with van der Waals surface area (Å²) in [5.41, 5.74) is 0.728. The predicted molar refractivity (Wildman–Crippen MR) is 71.7 cm³/mol. The number of hydrogen-bond donors (Lipinski definition) is 2. The number of carboxylic acid groups (broad SMARTS) is 1. The molecule has 0 saturated heterocycles. The molecular weight excluding hydrogens is 246 g/mol. The Morgan fingerprint density at radius 1 is 1.42 bits per heavy atom. The van der Waals surface area contributed by atoms with Gasteiger partial charge in [-0.3, -0.25) is 4.40 Å². The molecule has 2 N–H and O–H groups in total. The molecule has 0 unspecified atom stereocenters. The molecule has 0 atom stereocenters. The van der Waals surface area contributed by atoms with Crippen molar-refractivity contribution in [1.82, 2.24) is 9.38 Å². The molecule has 0 saturated carbocycles. The molecule has 6 heteroatoms. The number of aliphatic hydroxyl groups excluding tert-OH is 1. The summed E-state index contributed by atoms with van der Waals surface area (Å²) in [6, 6.07) is 5.34. The third-order valence-corrected chi connectivity index (χ3v) is 2.88. The predicted octanol–water partition coefficient (Wildman–Crippen LogP) is 1.24. The molecule has 0 bridgehead atoms. The first-order valence-corrected chi connectivity index (χ1v) is 6.25. The van der Waals surface area contributed by atoms with Crippen LogP contribution in [0.4, 0.5) is 5.82 Å². The molecule has 0 aliphatic carbocycles. The Morgan fingerprint density at radius 3 is 2.84 bits per heavy atom. The largest absolute Gasteiger partial charge is 0.476 e. The SMILES string of the molecule is CCCN(CCO)c1nc2ccccn2c1C(=O)O. The number of aliphatic hydroxyl groups is 1. The minimum atomic E-state index is -1.02. The van der Waals surface area contributed by atoms with Crippen molar-refractivity contribution in [2.75, 3.05) is 24.6 Å². The fraction of sp³-hybridized carbons (Fsp3) is 0.385. The second-order valence-corrected chi connectivity index (χ2v) is 4.23. The Labute approximate surface area is 110 Å². The van der Waals surface area contributed by atoms with Gasteiger partial charge in [-0.25, -0.2) is 9.78 Å². The van der Waals surface area contributed by atoms with Gasteiger partial charge in [0.25, 0.3) is 0 Å². The summed E-state index contributed by atoms with van der Waals surface area (Å²) < 4.78 is 1.55. The van der Waals surface area contributed by atoms with E-state index < -0.39 is 5.97 Å². The second-order valence-electron chi connectivity index (χ2n) is 4.23. The monoisotopic (exact) mass is 263 g/mol. The number of anilines is 1. The minimum Gasteiger partial charge on any atom is -0.476 e. The van der Waals surface area contributed by atoms with Crippen LogP contribution >= 0.6 is 0 Å². The zero-order valence-corrected chi connectivity index (χ0v) is 10.8. The Hall–Kier alpha value is -2.08. The molecule has 0 amide bonds. The zero-order valence-electron chi connectivity index (χ0n) is 10.8. The molecule has 0 fully saturated rings. The van der Waals surface area contributed by atoms with Crippen molar-refractivity contribution in [2.24, 2.45) is 0 Å². The average Bonchev–Trinajstić information content (AvgIpc) is 2.77. The first-order chi connectivity index (χ1) is 9.19. The Balaban J connectivity index is 2.56. The van der Waals surface area contributed by atoms with Gasteiger partial charge in [-0.1, -0.05) is 13.0 Å². The highest BCUT2D eigenvalue weighted by molar-refractivity contribution is 5.93. The fourth-order valence-corrected chi connectivity index (χ4v) is 2.12. The Kier molecular flexibility index (Phi) is 4.01. The van der Waals surface area contributed by atoms with E-state index >= 15 is 0 Å². The smallest absolute Gasteiger partial charge is 0.356 e. The third-order valence-electron chi connectivity index (χ3n) is 2.88. The van der Waals surface area contributed by atoms with Crippen LogP contribution < -0.4 is 4.90 Å². The van der Waals surface area contributed by atoms with Crippen LogP contribution in [0.3, 0.4) is 0 Å². The van der Waals surface area contributed by atoms with Gasteiger partial charge in [-0.2, -0.15) is 0 Å². The highest BCUT2D eigenvalue weighted by Crippen LogP contribution is 2.22. The molecule has 0 aliphatic rings. The molecule has 0 spiro atoms. The quantitative estimate of drug-likeness (QED) is 0.820. The molecule has 0 aromatic carbocycles. The van der Waals surface area contributed by atoms with Gasteiger partial charge in [0.2, 0.25) is 0 Å². The third kappa shape index (κ3) is 2.53. The molecule has 2 aromatic rings. The van der Waals surface area contributed by atoms with Crippen molar-refractivity contribution in [1.29, 1.82) is 0 Å². The number of imidazole rings is 1. The highest BCUT2D eigenvalue weighted by atomic mass is 16.4. The highest BCUT2D eigenvalue weighted by Gasteiger charge is 2.22. The Morgan fingerprint density at radius 2 is 2.21 bits per heavy atom. The van der Waals surface area contributed by atoms with E-state index in [4.69, 9.17) is 5.11 Å². The van der Waals surface area contributed by atoms with Crippen LogP contribution in [0.5, 0.6) is 0 Å². The second kappa shape index (κ2) is 5.71. The number of fused-ring (bicyclic) bond motifs is 1. The average molecular weight is 263 g/mol. The lowest BCUT2D eigenvalue weighted by atomic mass is 10.3. The van der Waals surface area contributed by atoms with Gasteiger partial charge in [0.1, 0.15) is 5.65 Å². The van der Waals surface area contributed by atoms with Crippen molar-refractivity contribution < 1.29 is 15.0 Å². The number of nitrogens with zero attached hydrogens (tertiary/aromatic N) is 3. The van der Waals surface area contributed by atoms with Gasteiger partial charge in [-0.15, -0.1) is 0 Å². The van der Waals surface area contributed by atoms with Crippen molar-refractivity contribution >= 4 is 17.4 Å². The number of carbonyl (C=O) groups is 1. The summed E-state index contributed by atoms with van der Waals surface area (Å²) in [7, 11) is 0. The topological polar surface area (TPSA) is 78.1 Å². The zero-order chi connectivity index (χ0) is 13.8. The maximum absolute atomic E-state index is 11.5. The standard InChI is InChI=1S/C13H17N3O3/c1-2-6-15(8-9-17)12-11(13(18)19)16-7-4-3-5-10(16)14-12/h3-5,7,17H,2,6,8-9H2,1H3,(H,18,19). The van der Waals surface area contributed by atoms with Crippen LogP contribution in [0, 0.1) is 0 Å². The van der Waals surface area contributed by atoms with Crippen LogP contribution in [-0.2, 0) is 0 Å². The summed E-state index contributed by atoms with van der Waals surface area (Å²) in [6.07, 6.45) is 2.53. The summed E-state index contributed by atoms with van der Waals surface area (Å²) in [6.45, 7) is 3.00. The van der Waals surface area contributed by atoms with E-state index in [-0.39, 0.29) is 12.3 Å². The van der Waals surface area contributed by atoms with E-state index in [1.165, 1.54) is 0 Å². The summed E-state index contributed by atoms with van der Waals surface area (Å²) in [5, 5.41) is 18.5. The van der Waals surface area contributed by atoms with Crippen LogP contribution in [-0.4, -0.2) is 45.3 Å². The lowest BCUT2D eigenvalue weighted by Crippen LogP contribution is -2.29.